The molecule has 7 heteroatoms. The number of nitrogens with one attached hydrogen (secondary N) is 1. The molecule has 0 aliphatic carbocycles. The average molecular weight is 322 g/mol. The van der Waals surface area contributed by atoms with E-state index in [0.29, 0.717) is 5.56 Å². The van der Waals surface area contributed by atoms with E-state index in [2.05, 4.69) is 25.4 Å². The third kappa shape index (κ3) is 2.80. The number of fused-ring (bicyclic) bond motifs is 1. The second-order valence-electron chi connectivity index (χ2n) is 5.91. The van der Waals surface area contributed by atoms with Crippen molar-refractivity contribution in [1.29, 1.82) is 0 Å². The molecule has 3 heterocycles. The third-order valence-electron chi connectivity index (χ3n) is 4.36. The minimum atomic E-state index is -0.00765. The minimum absolute atomic E-state index is 0.00765. The molecule has 0 saturated carbocycles. The number of benzene rings is 1. The van der Waals surface area contributed by atoms with Crippen LogP contribution in [0.15, 0.2) is 49.1 Å². The molecule has 0 spiro atoms. The fourth-order valence-corrected chi connectivity index (χ4v) is 3.06. The molecular formula is C17H18N6O. The van der Waals surface area contributed by atoms with Crippen LogP contribution in [0, 0.1) is 0 Å². The second-order valence-corrected chi connectivity index (χ2v) is 5.91. The van der Waals surface area contributed by atoms with Crippen LogP contribution in [-0.2, 0) is 0 Å². The molecule has 0 unspecified atom stereocenters. The predicted octanol–water partition coefficient (Wildman–Crippen LogP) is 1.52. The summed E-state index contributed by atoms with van der Waals surface area (Å²) in [6, 6.07) is 9.52. The highest BCUT2D eigenvalue weighted by molar-refractivity contribution is 5.94. The van der Waals surface area contributed by atoms with E-state index >= 15 is 0 Å². The Hall–Kier alpha value is -2.96. The van der Waals surface area contributed by atoms with Gasteiger partial charge in [0, 0.05) is 37.1 Å². The molecule has 0 atom stereocenters. The molecule has 1 aromatic carbocycles. The van der Waals surface area contributed by atoms with Gasteiger partial charge in [-0.15, -0.1) is 10.2 Å². The number of hydrogen-bond donors (Lipinski definition) is 1. The molecule has 4 rings (SSSR count). The maximum atomic E-state index is 12.2. The van der Waals surface area contributed by atoms with Crippen LogP contribution in [0.3, 0.4) is 0 Å². The minimum Gasteiger partial charge on any atom is -0.353 e. The van der Waals surface area contributed by atoms with Gasteiger partial charge >= 0.3 is 0 Å². The van der Waals surface area contributed by atoms with Crippen molar-refractivity contribution < 1.29 is 4.79 Å². The highest BCUT2D eigenvalue weighted by Gasteiger charge is 2.23. The lowest BCUT2D eigenvalue weighted by atomic mass is 10.0. The van der Waals surface area contributed by atoms with Crippen LogP contribution in [0.4, 0.5) is 5.82 Å². The molecule has 1 fully saturated rings. The quantitative estimate of drug-likeness (QED) is 0.791. The molecule has 2 aromatic heterocycles. The molecule has 1 aliphatic heterocycles. The SMILES string of the molecule is O=C(NC1CCN(c2nccn3cnnc23)CC1)c1ccccc1. The second kappa shape index (κ2) is 6.27. The van der Waals surface area contributed by atoms with E-state index in [1.165, 1.54) is 0 Å². The predicted molar refractivity (Wildman–Crippen MR) is 89.9 cm³/mol. The Kier molecular flexibility index (Phi) is 3.82. The fourth-order valence-electron chi connectivity index (χ4n) is 3.06. The van der Waals surface area contributed by atoms with Crippen molar-refractivity contribution in [3.63, 3.8) is 0 Å². The summed E-state index contributed by atoms with van der Waals surface area (Å²) in [7, 11) is 0. The summed E-state index contributed by atoms with van der Waals surface area (Å²) in [5, 5.41) is 11.2. The Balaban J connectivity index is 1.40. The average Bonchev–Trinajstić information content (AvgIpc) is 3.12. The van der Waals surface area contributed by atoms with Gasteiger partial charge in [-0.25, -0.2) is 4.98 Å². The zero-order chi connectivity index (χ0) is 16.4. The number of piperidine rings is 1. The topological polar surface area (TPSA) is 75.4 Å². The zero-order valence-electron chi connectivity index (χ0n) is 13.2. The summed E-state index contributed by atoms with van der Waals surface area (Å²) in [6.45, 7) is 1.67. The first-order valence-electron chi connectivity index (χ1n) is 8.06. The van der Waals surface area contributed by atoms with Gasteiger partial charge in [-0.1, -0.05) is 18.2 Å². The van der Waals surface area contributed by atoms with Crippen LogP contribution in [0.5, 0.6) is 0 Å². The number of anilines is 1. The zero-order valence-corrected chi connectivity index (χ0v) is 13.2. The summed E-state index contributed by atoms with van der Waals surface area (Å²) >= 11 is 0. The summed E-state index contributed by atoms with van der Waals surface area (Å²) in [5.41, 5.74) is 1.47. The summed E-state index contributed by atoms with van der Waals surface area (Å²) < 4.78 is 1.87. The number of carbonyl (C=O) groups excluding carboxylic acids is 1. The fraction of sp³-hybridized carbons (Fsp3) is 0.294. The molecule has 7 nitrogen and oxygen atoms in total. The largest absolute Gasteiger partial charge is 0.353 e. The van der Waals surface area contributed by atoms with E-state index in [1.807, 2.05) is 40.9 Å². The summed E-state index contributed by atoms with van der Waals surface area (Å²) in [6.07, 6.45) is 7.04. The van der Waals surface area contributed by atoms with Gasteiger partial charge in [0.15, 0.2) is 5.82 Å². The Morgan fingerprint density at radius 2 is 1.96 bits per heavy atom. The van der Waals surface area contributed by atoms with Crippen LogP contribution >= 0.6 is 0 Å². The Bertz CT molecular complexity index is 838. The number of carbonyl (C=O) groups is 1. The van der Waals surface area contributed by atoms with E-state index in [1.54, 1.807) is 12.5 Å². The molecule has 1 N–H and O–H groups in total. The van der Waals surface area contributed by atoms with Crippen LogP contribution < -0.4 is 10.2 Å². The molecule has 3 aromatic rings. The molecule has 1 amide bonds. The highest BCUT2D eigenvalue weighted by atomic mass is 16.1. The normalized spacial score (nSPS) is 15.6. The van der Waals surface area contributed by atoms with Crippen molar-refractivity contribution in [2.75, 3.05) is 18.0 Å². The van der Waals surface area contributed by atoms with Gasteiger partial charge in [0.25, 0.3) is 5.91 Å². The van der Waals surface area contributed by atoms with Crippen LogP contribution in [0.1, 0.15) is 23.2 Å². The Morgan fingerprint density at radius 1 is 1.17 bits per heavy atom. The van der Waals surface area contributed by atoms with E-state index in [9.17, 15) is 4.79 Å². The van der Waals surface area contributed by atoms with Crippen molar-refractivity contribution >= 4 is 17.4 Å². The third-order valence-corrected chi connectivity index (χ3v) is 4.36. The number of nitrogens with zero attached hydrogens (tertiary/aromatic N) is 5. The summed E-state index contributed by atoms with van der Waals surface area (Å²) in [4.78, 5) is 18.9. The van der Waals surface area contributed by atoms with Gasteiger partial charge in [0.2, 0.25) is 5.65 Å². The molecule has 0 bridgehead atoms. The molecule has 122 valence electrons. The highest BCUT2D eigenvalue weighted by Crippen LogP contribution is 2.21. The lowest BCUT2D eigenvalue weighted by molar-refractivity contribution is 0.0931. The van der Waals surface area contributed by atoms with E-state index in [4.69, 9.17) is 0 Å². The van der Waals surface area contributed by atoms with E-state index < -0.39 is 0 Å². The van der Waals surface area contributed by atoms with Crippen molar-refractivity contribution in [2.24, 2.45) is 0 Å². The number of aromatic nitrogens is 4. The van der Waals surface area contributed by atoms with Crippen LogP contribution in [0.25, 0.3) is 5.65 Å². The summed E-state index contributed by atoms with van der Waals surface area (Å²) in [5.74, 6) is 0.842. The maximum Gasteiger partial charge on any atom is 0.251 e. The lowest BCUT2D eigenvalue weighted by Gasteiger charge is -2.33. The van der Waals surface area contributed by atoms with Crippen molar-refractivity contribution in [3.05, 3.63) is 54.6 Å². The van der Waals surface area contributed by atoms with Gasteiger partial charge in [-0.3, -0.25) is 9.20 Å². The van der Waals surface area contributed by atoms with E-state index in [-0.39, 0.29) is 11.9 Å². The first-order valence-corrected chi connectivity index (χ1v) is 8.06. The van der Waals surface area contributed by atoms with Crippen molar-refractivity contribution in [2.45, 2.75) is 18.9 Å². The van der Waals surface area contributed by atoms with Crippen molar-refractivity contribution in [3.8, 4) is 0 Å². The monoisotopic (exact) mass is 322 g/mol. The van der Waals surface area contributed by atoms with Crippen molar-refractivity contribution in [1.82, 2.24) is 24.9 Å². The molecule has 1 aliphatic rings. The van der Waals surface area contributed by atoms with Crippen LogP contribution in [-0.4, -0.2) is 44.6 Å². The molecule has 0 radical (unpaired) electrons. The first-order chi connectivity index (χ1) is 11.8. The molecule has 1 saturated heterocycles. The van der Waals surface area contributed by atoms with Gasteiger partial charge < -0.3 is 10.2 Å². The lowest BCUT2D eigenvalue weighted by Crippen LogP contribution is -2.45. The van der Waals surface area contributed by atoms with Crippen LogP contribution in [0.2, 0.25) is 0 Å². The van der Waals surface area contributed by atoms with Gasteiger partial charge in [0.05, 0.1) is 0 Å². The Labute approximate surface area is 139 Å². The molecular weight excluding hydrogens is 304 g/mol. The van der Waals surface area contributed by atoms with Gasteiger partial charge in [-0.05, 0) is 25.0 Å². The molecule has 24 heavy (non-hydrogen) atoms. The maximum absolute atomic E-state index is 12.2. The number of amides is 1. The number of hydrogen-bond acceptors (Lipinski definition) is 5. The van der Waals surface area contributed by atoms with Gasteiger partial charge in [-0.2, -0.15) is 0 Å². The Morgan fingerprint density at radius 3 is 2.75 bits per heavy atom. The number of rotatable bonds is 3. The van der Waals surface area contributed by atoms with Gasteiger partial charge in [0.1, 0.15) is 6.33 Å². The van der Waals surface area contributed by atoms with E-state index in [0.717, 1.165) is 37.4 Å². The first kappa shape index (κ1) is 14.6. The standard InChI is InChI=1S/C17H18N6O/c24-17(13-4-2-1-3-5-13)20-14-6-9-22(10-7-14)15-16-21-19-12-23(16)11-8-18-15/h1-5,8,11-12,14H,6-7,9-10H2,(H,20,24). The smallest absolute Gasteiger partial charge is 0.251 e.